The molecule has 0 bridgehead atoms. The Morgan fingerprint density at radius 3 is 2.32 bits per heavy atom. The second kappa shape index (κ2) is 9.25. The van der Waals surface area contributed by atoms with Gasteiger partial charge in [0.2, 0.25) is 0 Å². The zero-order valence-corrected chi connectivity index (χ0v) is 16.4. The van der Waals surface area contributed by atoms with E-state index in [2.05, 4.69) is 31.0 Å². The number of aromatic nitrogens is 1. The van der Waals surface area contributed by atoms with Gasteiger partial charge in [0.05, 0.1) is 17.6 Å². The Morgan fingerprint density at radius 2 is 1.61 bits per heavy atom. The molecule has 0 aliphatic rings. The highest BCUT2D eigenvalue weighted by Gasteiger charge is 2.05. The Balaban J connectivity index is 0.000000192. The van der Waals surface area contributed by atoms with Crippen LogP contribution < -0.4 is 0 Å². The normalized spacial score (nSPS) is 10.5. The Bertz CT molecular complexity index is 1080. The monoisotopic (exact) mass is 371 g/mol. The van der Waals surface area contributed by atoms with E-state index in [-0.39, 0.29) is 6.61 Å². The summed E-state index contributed by atoms with van der Waals surface area (Å²) < 4.78 is 0. The average molecular weight is 371 g/mol. The van der Waals surface area contributed by atoms with Crippen LogP contribution in [0.1, 0.15) is 40.9 Å². The maximum Gasteiger partial charge on any atom is 0.150 e. The second-order valence-corrected chi connectivity index (χ2v) is 6.73. The van der Waals surface area contributed by atoms with Gasteiger partial charge in [-0.2, -0.15) is 0 Å². The van der Waals surface area contributed by atoms with Crippen LogP contribution in [0.4, 0.5) is 0 Å². The molecule has 142 valence electrons. The minimum Gasteiger partial charge on any atom is -0.392 e. The van der Waals surface area contributed by atoms with E-state index in [0.717, 1.165) is 57.6 Å². The Hall–Kier alpha value is -3.04. The number of aliphatic hydroxyl groups is 1. The Labute approximate surface area is 165 Å². The van der Waals surface area contributed by atoms with E-state index in [1.165, 1.54) is 5.56 Å². The van der Waals surface area contributed by atoms with Gasteiger partial charge in [-0.15, -0.1) is 0 Å². The van der Waals surface area contributed by atoms with Crippen LogP contribution in [0.3, 0.4) is 0 Å². The van der Waals surface area contributed by atoms with Crippen LogP contribution in [0.2, 0.25) is 0 Å². The molecule has 0 amide bonds. The summed E-state index contributed by atoms with van der Waals surface area (Å²) in [5.41, 5.74) is 6.05. The lowest BCUT2D eigenvalue weighted by Crippen LogP contribution is -1.92. The van der Waals surface area contributed by atoms with E-state index in [4.69, 9.17) is 5.11 Å². The van der Waals surface area contributed by atoms with Crippen molar-refractivity contribution in [2.24, 2.45) is 0 Å². The fraction of sp³-hybridized carbons (Fsp3) is 0.200. The van der Waals surface area contributed by atoms with Gasteiger partial charge < -0.3 is 5.11 Å². The standard InChI is InChI=1S/C16H13NO.C9H12O/c1-2-11-9-16-13(8-14(11)10-18)7-12-5-3-4-6-15(12)17-16;1-2-8-4-3-5-9(6-8)7-10/h3-10H,2H2,1H3;3-6,10H,2,7H2,1H3. The van der Waals surface area contributed by atoms with Gasteiger partial charge in [-0.3, -0.25) is 4.79 Å². The molecule has 0 radical (unpaired) electrons. The number of rotatable bonds is 4. The number of benzene rings is 3. The number of aliphatic hydroxyl groups excluding tert-OH is 1. The highest BCUT2D eigenvalue weighted by molar-refractivity contribution is 5.96. The highest BCUT2D eigenvalue weighted by Crippen LogP contribution is 2.22. The quantitative estimate of drug-likeness (QED) is 0.380. The fourth-order valence-electron chi connectivity index (χ4n) is 3.25. The molecule has 1 N–H and O–H groups in total. The van der Waals surface area contributed by atoms with Gasteiger partial charge in [0.15, 0.2) is 0 Å². The third kappa shape index (κ3) is 4.44. The number of nitrogens with zero attached hydrogens (tertiary/aromatic N) is 1. The van der Waals surface area contributed by atoms with Crippen molar-refractivity contribution in [2.75, 3.05) is 0 Å². The molecule has 0 aliphatic carbocycles. The molecular weight excluding hydrogens is 346 g/mol. The molecule has 28 heavy (non-hydrogen) atoms. The fourth-order valence-corrected chi connectivity index (χ4v) is 3.25. The zero-order valence-electron chi connectivity index (χ0n) is 16.4. The van der Waals surface area contributed by atoms with Crippen LogP contribution in [0, 0.1) is 0 Å². The first-order valence-electron chi connectivity index (χ1n) is 9.64. The number of aryl methyl sites for hydroxylation is 2. The first-order valence-corrected chi connectivity index (χ1v) is 9.64. The Kier molecular flexibility index (Phi) is 6.51. The number of fused-ring (bicyclic) bond motifs is 2. The summed E-state index contributed by atoms with van der Waals surface area (Å²) in [7, 11) is 0. The summed E-state index contributed by atoms with van der Waals surface area (Å²) in [6, 6.07) is 22.1. The molecule has 4 aromatic rings. The molecule has 0 unspecified atom stereocenters. The largest absolute Gasteiger partial charge is 0.392 e. The van der Waals surface area contributed by atoms with Crippen molar-refractivity contribution < 1.29 is 9.90 Å². The van der Waals surface area contributed by atoms with Crippen molar-refractivity contribution in [3.8, 4) is 0 Å². The third-order valence-corrected chi connectivity index (χ3v) is 4.87. The van der Waals surface area contributed by atoms with Gasteiger partial charge in [0.25, 0.3) is 0 Å². The summed E-state index contributed by atoms with van der Waals surface area (Å²) in [5, 5.41) is 10.9. The molecule has 1 aromatic heterocycles. The van der Waals surface area contributed by atoms with Crippen molar-refractivity contribution >= 4 is 28.1 Å². The van der Waals surface area contributed by atoms with E-state index in [9.17, 15) is 4.79 Å². The summed E-state index contributed by atoms with van der Waals surface area (Å²) in [4.78, 5) is 15.7. The van der Waals surface area contributed by atoms with Crippen molar-refractivity contribution in [2.45, 2.75) is 33.3 Å². The molecule has 3 aromatic carbocycles. The van der Waals surface area contributed by atoms with Gasteiger partial charge in [0, 0.05) is 16.3 Å². The van der Waals surface area contributed by atoms with Crippen LogP contribution >= 0.6 is 0 Å². The van der Waals surface area contributed by atoms with Gasteiger partial charge in [-0.1, -0.05) is 56.3 Å². The van der Waals surface area contributed by atoms with Crippen molar-refractivity contribution in [3.05, 3.63) is 89.0 Å². The number of hydrogen-bond acceptors (Lipinski definition) is 3. The predicted molar refractivity (Wildman–Crippen MR) is 116 cm³/mol. The van der Waals surface area contributed by atoms with E-state index >= 15 is 0 Å². The lowest BCUT2D eigenvalue weighted by molar-refractivity contribution is 0.112. The van der Waals surface area contributed by atoms with Gasteiger partial charge in [-0.25, -0.2) is 4.98 Å². The number of aldehydes is 1. The molecule has 3 nitrogen and oxygen atoms in total. The smallest absolute Gasteiger partial charge is 0.150 e. The summed E-state index contributed by atoms with van der Waals surface area (Å²) in [6.45, 7) is 4.31. The summed E-state index contributed by atoms with van der Waals surface area (Å²) in [6.07, 6.45) is 2.81. The minimum atomic E-state index is 0.147. The molecule has 3 heteroatoms. The topological polar surface area (TPSA) is 50.2 Å². The van der Waals surface area contributed by atoms with Crippen molar-refractivity contribution in [1.82, 2.24) is 4.98 Å². The number of hydrogen-bond donors (Lipinski definition) is 1. The van der Waals surface area contributed by atoms with E-state index in [0.29, 0.717) is 0 Å². The average Bonchev–Trinajstić information content (AvgIpc) is 2.77. The number of para-hydroxylation sites is 1. The maximum absolute atomic E-state index is 11.1. The lowest BCUT2D eigenvalue weighted by atomic mass is 10.0. The maximum atomic E-state index is 11.1. The molecule has 0 spiro atoms. The van der Waals surface area contributed by atoms with Gasteiger partial charge in [0.1, 0.15) is 6.29 Å². The highest BCUT2D eigenvalue weighted by atomic mass is 16.3. The van der Waals surface area contributed by atoms with Crippen LogP contribution in [-0.2, 0) is 19.4 Å². The molecule has 0 fully saturated rings. The first kappa shape index (κ1) is 19.7. The molecule has 1 heterocycles. The molecule has 0 atom stereocenters. The molecular formula is C25H25NO2. The SMILES string of the molecule is CCc1cc2nc3ccccc3cc2cc1C=O.CCc1cccc(CO)c1. The van der Waals surface area contributed by atoms with Crippen molar-refractivity contribution in [1.29, 1.82) is 0 Å². The number of carbonyl (C=O) groups excluding carboxylic acids is 1. The predicted octanol–water partition coefficient (Wildman–Crippen LogP) is 5.50. The van der Waals surface area contributed by atoms with Crippen LogP contribution in [-0.4, -0.2) is 16.4 Å². The van der Waals surface area contributed by atoms with Gasteiger partial charge in [-0.05, 0) is 53.8 Å². The van der Waals surface area contributed by atoms with Crippen molar-refractivity contribution in [3.63, 3.8) is 0 Å². The minimum absolute atomic E-state index is 0.147. The number of pyridine rings is 1. The van der Waals surface area contributed by atoms with Crippen LogP contribution in [0.5, 0.6) is 0 Å². The molecule has 4 rings (SSSR count). The van der Waals surface area contributed by atoms with E-state index in [1.807, 2.05) is 54.6 Å². The summed E-state index contributed by atoms with van der Waals surface area (Å²) >= 11 is 0. The van der Waals surface area contributed by atoms with E-state index < -0.39 is 0 Å². The third-order valence-electron chi connectivity index (χ3n) is 4.87. The lowest BCUT2D eigenvalue weighted by Gasteiger charge is -2.06. The number of carbonyl (C=O) groups is 1. The Morgan fingerprint density at radius 1 is 0.821 bits per heavy atom. The summed E-state index contributed by atoms with van der Waals surface area (Å²) in [5.74, 6) is 0. The van der Waals surface area contributed by atoms with Gasteiger partial charge >= 0.3 is 0 Å². The first-order chi connectivity index (χ1) is 13.7. The van der Waals surface area contributed by atoms with Crippen LogP contribution in [0.15, 0.2) is 66.7 Å². The molecule has 0 saturated heterocycles. The van der Waals surface area contributed by atoms with E-state index in [1.54, 1.807) is 0 Å². The molecule has 0 saturated carbocycles. The van der Waals surface area contributed by atoms with Crippen LogP contribution in [0.25, 0.3) is 21.8 Å². The zero-order chi connectivity index (χ0) is 19.9. The second-order valence-electron chi connectivity index (χ2n) is 6.73. The molecule has 0 aliphatic heterocycles.